The van der Waals surface area contributed by atoms with E-state index in [4.69, 9.17) is 10.00 Å². The van der Waals surface area contributed by atoms with E-state index in [0.29, 0.717) is 35.0 Å². The van der Waals surface area contributed by atoms with Crippen LogP contribution in [0.3, 0.4) is 0 Å². The maximum atomic E-state index is 12.2. The molecule has 10 nitrogen and oxygen atoms in total. The van der Waals surface area contributed by atoms with Crippen LogP contribution in [0.4, 0.5) is 5.69 Å². The number of anilines is 1. The minimum atomic E-state index is -0.323. The Labute approximate surface area is 164 Å². The highest BCUT2D eigenvalue weighted by molar-refractivity contribution is 6.02. The van der Waals surface area contributed by atoms with Crippen LogP contribution in [0.1, 0.15) is 21.6 Å². The molecule has 0 unspecified atom stereocenters. The van der Waals surface area contributed by atoms with Crippen LogP contribution in [0.25, 0.3) is 5.69 Å². The fraction of sp³-hybridized carbons (Fsp3) is 0.0526. The smallest absolute Gasteiger partial charge is 0.273 e. The Morgan fingerprint density at radius 1 is 1.24 bits per heavy atom. The normalized spacial score (nSPS) is 10.3. The number of carbonyl (C=O) groups excluding carboxylic acids is 1. The number of hydrogen-bond acceptors (Lipinski definition) is 7. The first kappa shape index (κ1) is 17.9. The molecule has 0 aliphatic carbocycles. The third-order valence-corrected chi connectivity index (χ3v) is 4.03. The van der Waals surface area contributed by atoms with Gasteiger partial charge in [-0.1, -0.05) is 12.1 Å². The van der Waals surface area contributed by atoms with E-state index in [0.717, 1.165) is 5.56 Å². The highest BCUT2D eigenvalue weighted by Gasteiger charge is 2.12. The number of imidazole rings is 1. The minimum Gasteiger partial charge on any atom is -0.487 e. The van der Waals surface area contributed by atoms with Crippen molar-refractivity contribution in [3.05, 3.63) is 78.1 Å². The molecule has 1 amide bonds. The molecule has 2 aromatic heterocycles. The van der Waals surface area contributed by atoms with Crippen molar-refractivity contribution in [3.8, 4) is 17.5 Å². The third-order valence-electron chi connectivity index (χ3n) is 4.03. The number of amides is 1. The van der Waals surface area contributed by atoms with Gasteiger partial charge >= 0.3 is 0 Å². The summed E-state index contributed by atoms with van der Waals surface area (Å²) >= 11 is 0. The van der Waals surface area contributed by atoms with Gasteiger partial charge in [0.15, 0.2) is 0 Å². The molecule has 142 valence electrons. The summed E-state index contributed by atoms with van der Waals surface area (Å²) in [5.41, 5.74) is 2.94. The molecule has 0 radical (unpaired) electrons. The largest absolute Gasteiger partial charge is 0.487 e. The molecular weight excluding hydrogens is 372 g/mol. The van der Waals surface area contributed by atoms with Crippen LogP contribution in [0.2, 0.25) is 0 Å². The molecule has 0 aliphatic rings. The fourth-order valence-corrected chi connectivity index (χ4v) is 2.58. The first-order valence-corrected chi connectivity index (χ1v) is 8.52. The molecule has 2 aromatic carbocycles. The predicted octanol–water partition coefficient (Wildman–Crippen LogP) is 2.09. The summed E-state index contributed by atoms with van der Waals surface area (Å²) in [6.07, 6.45) is 4.30. The average Bonchev–Trinajstić information content (AvgIpc) is 3.47. The van der Waals surface area contributed by atoms with Crippen molar-refractivity contribution >= 4 is 11.6 Å². The number of aromatic nitrogens is 6. The number of nitrogens with one attached hydrogen (secondary N) is 2. The van der Waals surface area contributed by atoms with Gasteiger partial charge in [-0.15, -0.1) is 5.10 Å². The van der Waals surface area contributed by atoms with E-state index in [9.17, 15) is 4.79 Å². The van der Waals surface area contributed by atoms with Gasteiger partial charge in [-0.05, 0) is 46.3 Å². The first-order chi connectivity index (χ1) is 14.2. The van der Waals surface area contributed by atoms with Crippen LogP contribution in [0.15, 0.2) is 61.3 Å². The zero-order valence-electron chi connectivity index (χ0n) is 15.0. The number of H-pyrrole nitrogens is 1. The molecule has 0 spiro atoms. The van der Waals surface area contributed by atoms with Crippen LogP contribution in [-0.4, -0.2) is 36.1 Å². The van der Waals surface area contributed by atoms with Gasteiger partial charge < -0.3 is 15.0 Å². The molecule has 0 aliphatic heterocycles. The van der Waals surface area contributed by atoms with E-state index in [1.165, 1.54) is 23.5 Å². The third kappa shape index (κ3) is 4.09. The highest BCUT2D eigenvalue weighted by Crippen LogP contribution is 2.27. The fourth-order valence-electron chi connectivity index (χ4n) is 2.58. The lowest BCUT2D eigenvalue weighted by atomic mass is 10.1. The Hall–Kier alpha value is -4.52. The Balaban J connectivity index is 1.56. The van der Waals surface area contributed by atoms with Crippen LogP contribution >= 0.6 is 0 Å². The summed E-state index contributed by atoms with van der Waals surface area (Å²) in [7, 11) is 0. The summed E-state index contributed by atoms with van der Waals surface area (Å²) in [4.78, 5) is 18.8. The number of hydrogen-bond donors (Lipinski definition) is 2. The van der Waals surface area contributed by atoms with Gasteiger partial charge in [0, 0.05) is 5.69 Å². The lowest BCUT2D eigenvalue weighted by Crippen LogP contribution is -2.13. The van der Waals surface area contributed by atoms with Gasteiger partial charge in [-0.3, -0.25) is 4.79 Å². The number of nitrogens with zero attached hydrogens (tertiary/aromatic N) is 6. The molecule has 0 saturated carbocycles. The average molecular weight is 386 g/mol. The molecular formula is C19H14N8O2. The molecule has 10 heteroatoms. The van der Waals surface area contributed by atoms with Crippen LogP contribution < -0.4 is 10.1 Å². The van der Waals surface area contributed by atoms with E-state index in [2.05, 4.69) is 36.9 Å². The number of tetrazole rings is 1. The molecule has 4 aromatic rings. The van der Waals surface area contributed by atoms with E-state index in [1.54, 1.807) is 30.3 Å². The highest BCUT2D eigenvalue weighted by atomic mass is 16.5. The molecule has 0 saturated heterocycles. The van der Waals surface area contributed by atoms with Gasteiger partial charge in [-0.25, -0.2) is 4.98 Å². The first-order valence-electron chi connectivity index (χ1n) is 8.52. The summed E-state index contributed by atoms with van der Waals surface area (Å²) in [6.45, 7) is 0.292. The summed E-state index contributed by atoms with van der Waals surface area (Å²) < 4.78 is 7.37. The molecule has 0 atom stereocenters. The van der Waals surface area contributed by atoms with Crippen LogP contribution in [0, 0.1) is 11.3 Å². The van der Waals surface area contributed by atoms with Crippen LogP contribution in [-0.2, 0) is 6.61 Å². The standard InChI is InChI=1S/C19H14N8O2/c20-8-13-1-3-14(4-2-13)10-29-18-6-5-15(7-17(18)27-12-23-25-26-27)24-19(28)16-9-21-11-22-16/h1-7,9,11-12H,10H2,(H,21,22)(H,24,28). The zero-order chi connectivity index (χ0) is 20.1. The van der Waals surface area contributed by atoms with Crippen molar-refractivity contribution < 1.29 is 9.53 Å². The van der Waals surface area contributed by atoms with E-state index >= 15 is 0 Å². The second kappa shape index (κ2) is 8.01. The number of benzene rings is 2. The van der Waals surface area contributed by atoms with Crippen LogP contribution in [0.5, 0.6) is 5.75 Å². The Kier molecular flexibility index (Phi) is 4.94. The molecule has 4 rings (SSSR count). The predicted molar refractivity (Wildman–Crippen MR) is 101 cm³/mol. The molecule has 2 N–H and O–H groups in total. The quantitative estimate of drug-likeness (QED) is 0.518. The molecule has 0 bridgehead atoms. The minimum absolute atomic E-state index is 0.292. The molecule has 0 fully saturated rings. The summed E-state index contributed by atoms with van der Waals surface area (Å²) in [5.74, 6) is 0.206. The lowest BCUT2D eigenvalue weighted by Gasteiger charge is -2.13. The van der Waals surface area contributed by atoms with Crippen molar-refractivity contribution in [1.29, 1.82) is 5.26 Å². The van der Waals surface area contributed by atoms with E-state index < -0.39 is 0 Å². The second-order valence-electron chi connectivity index (χ2n) is 5.95. The van der Waals surface area contributed by atoms with Crippen molar-refractivity contribution in [1.82, 2.24) is 30.2 Å². The monoisotopic (exact) mass is 386 g/mol. The Bertz CT molecular complexity index is 1150. The SMILES string of the molecule is N#Cc1ccc(COc2ccc(NC(=O)c3cnc[nH]3)cc2-n2cnnn2)cc1. The lowest BCUT2D eigenvalue weighted by molar-refractivity contribution is 0.102. The van der Waals surface area contributed by atoms with Gasteiger partial charge in [0.2, 0.25) is 0 Å². The van der Waals surface area contributed by atoms with E-state index in [1.807, 2.05) is 12.1 Å². The number of ether oxygens (including phenoxy) is 1. The number of aromatic amines is 1. The summed E-state index contributed by atoms with van der Waals surface area (Å²) in [6, 6.07) is 14.3. The number of nitriles is 1. The summed E-state index contributed by atoms with van der Waals surface area (Å²) in [5, 5.41) is 22.9. The van der Waals surface area contributed by atoms with Crippen molar-refractivity contribution in [3.63, 3.8) is 0 Å². The van der Waals surface area contributed by atoms with Crippen molar-refractivity contribution in [2.75, 3.05) is 5.32 Å². The molecule has 2 heterocycles. The maximum absolute atomic E-state index is 12.2. The second-order valence-corrected chi connectivity index (χ2v) is 5.95. The number of carbonyl (C=O) groups is 1. The van der Waals surface area contributed by atoms with Gasteiger partial charge in [0.05, 0.1) is 24.2 Å². The van der Waals surface area contributed by atoms with Crippen molar-refractivity contribution in [2.24, 2.45) is 0 Å². The Morgan fingerprint density at radius 3 is 2.79 bits per heavy atom. The van der Waals surface area contributed by atoms with Gasteiger partial charge in [0.25, 0.3) is 5.91 Å². The topological polar surface area (TPSA) is 134 Å². The zero-order valence-corrected chi connectivity index (χ0v) is 15.0. The van der Waals surface area contributed by atoms with Gasteiger partial charge in [0.1, 0.15) is 30.1 Å². The number of rotatable bonds is 6. The van der Waals surface area contributed by atoms with Gasteiger partial charge in [-0.2, -0.15) is 9.94 Å². The Morgan fingerprint density at radius 2 is 2.10 bits per heavy atom. The van der Waals surface area contributed by atoms with E-state index in [-0.39, 0.29) is 5.91 Å². The van der Waals surface area contributed by atoms with Crippen molar-refractivity contribution in [2.45, 2.75) is 6.61 Å². The maximum Gasteiger partial charge on any atom is 0.273 e. The molecule has 29 heavy (non-hydrogen) atoms.